The molecule has 0 bridgehead atoms. The van der Waals surface area contributed by atoms with Gasteiger partial charge in [0.25, 0.3) is 0 Å². The fraction of sp³-hybridized carbons (Fsp3) is 0.643. The van der Waals surface area contributed by atoms with Gasteiger partial charge in [-0.3, -0.25) is 4.79 Å². The molecule has 1 aliphatic carbocycles. The molecule has 4 rings (SSSR count). The van der Waals surface area contributed by atoms with Crippen molar-refractivity contribution in [1.29, 1.82) is 5.26 Å². The monoisotopic (exact) mass is 553 g/mol. The van der Waals surface area contributed by atoms with Gasteiger partial charge in [0.15, 0.2) is 5.65 Å². The SMILES string of the molecule is C[C@@H]1CCN(C(=O)CC#N)C[C@@H]1N(C)c1ncnc2c1ccn2C(=O)OC1CCC(NC(=O)OC(C)(C)C)CC1. The van der Waals surface area contributed by atoms with Gasteiger partial charge in [-0.25, -0.2) is 24.1 Å². The smallest absolute Gasteiger partial charge is 0.419 e. The number of carbonyl (C=O) groups is 3. The molecule has 0 radical (unpaired) electrons. The van der Waals surface area contributed by atoms with Crippen LogP contribution in [0.2, 0.25) is 0 Å². The molecule has 1 N–H and O–H groups in total. The Bertz CT molecular complexity index is 1270. The number of rotatable bonds is 5. The standard InChI is InChI=1S/C28H39N7O5/c1-18-11-14-34(23(36)10-13-29)16-22(18)33(5)24-21-12-15-35(25(21)31-17-30-24)27(38)39-20-8-6-19(7-9-20)32-26(37)40-28(2,3)4/h12,15,17-20,22H,6-11,14,16H2,1-5H3,(H,32,37)/t18-,19?,20?,22+/m1/s1. The highest BCUT2D eigenvalue weighted by Gasteiger charge is 2.33. The first-order chi connectivity index (χ1) is 19.0. The van der Waals surface area contributed by atoms with Gasteiger partial charge in [-0.1, -0.05) is 6.92 Å². The molecule has 1 saturated heterocycles. The highest BCUT2D eigenvalue weighted by atomic mass is 16.6. The van der Waals surface area contributed by atoms with Crippen LogP contribution in [0.4, 0.5) is 15.4 Å². The van der Waals surface area contributed by atoms with Crippen molar-refractivity contribution in [2.24, 2.45) is 5.92 Å². The van der Waals surface area contributed by atoms with Crippen LogP contribution < -0.4 is 10.2 Å². The Morgan fingerprint density at radius 2 is 1.90 bits per heavy atom. The number of amides is 2. The third-order valence-electron chi connectivity index (χ3n) is 7.65. The van der Waals surface area contributed by atoms with Crippen molar-refractivity contribution in [2.75, 3.05) is 25.0 Å². The summed E-state index contributed by atoms with van der Waals surface area (Å²) >= 11 is 0. The van der Waals surface area contributed by atoms with Crippen molar-refractivity contribution in [2.45, 2.75) is 90.0 Å². The van der Waals surface area contributed by atoms with Crippen molar-refractivity contribution in [1.82, 2.24) is 24.8 Å². The van der Waals surface area contributed by atoms with E-state index in [1.807, 2.05) is 38.8 Å². The van der Waals surface area contributed by atoms with E-state index in [-0.39, 0.29) is 30.5 Å². The summed E-state index contributed by atoms with van der Waals surface area (Å²) in [6.07, 6.45) is 5.21. The van der Waals surface area contributed by atoms with Gasteiger partial charge in [0, 0.05) is 32.4 Å². The minimum absolute atomic E-state index is 0.00531. The van der Waals surface area contributed by atoms with Crippen LogP contribution in [0.5, 0.6) is 0 Å². The summed E-state index contributed by atoms with van der Waals surface area (Å²) in [6, 6.07) is 3.72. The Morgan fingerprint density at radius 3 is 2.58 bits per heavy atom. The molecule has 2 aromatic rings. The van der Waals surface area contributed by atoms with E-state index >= 15 is 0 Å². The molecule has 2 aromatic heterocycles. The second kappa shape index (κ2) is 12.1. The lowest BCUT2D eigenvalue weighted by molar-refractivity contribution is -0.131. The van der Waals surface area contributed by atoms with Gasteiger partial charge < -0.3 is 24.6 Å². The minimum atomic E-state index is -0.555. The third kappa shape index (κ3) is 6.81. The van der Waals surface area contributed by atoms with E-state index in [1.165, 1.54) is 10.9 Å². The van der Waals surface area contributed by atoms with Crippen molar-refractivity contribution in [3.8, 4) is 6.07 Å². The van der Waals surface area contributed by atoms with Crippen LogP contribution in [-0.2, 0) is 14.3 Å². The van der Waals surface area contributed by atoms with Crippen molar-refractivity contribution < 1.29 is 23.9 Å². The molecule has 12 nitrogen and oxygen atoms in total. The molecule has 216 valence electrons. The Balaban J connectivity index is 1.40. The largest absolute Gasteiger partial charge is 0.446 e. The number of piperidine rings is 1. The Morgan fingerprint density at radius 1 is 1.18 bits per heavy atom. The van der Waals surface area contributed by atoms with Gasteiger partial charge in [0.2, 0.25) is 5.91 Å². The van der Waals surface area contributed by atoms with E-state index in [0.29, 0.717) is 61.5 Å². The van der Waals surface area contributed by atoms with Gasteiger partial charge in [0.1, 0.15) is 30.3 Å². The molecule has 40 heavy (non-hydrogen) atoms. The molecule has 2 fully saturated rings. The van der Waals surface area contributed by atoms with Gasteiger partial charge in [-0.05, 0) is 64.9 Å². The van der Waals surface area contributed by atoms with Gasteiger partial charge >= 0.3 is 12.2 Å². The fourth-order valence-electron chi connectivity index (χ4n) is 5.48. The number of hydrogen-bond donors (Lipinski definition) is 1. The summed E-state index contributed by atoms with van der Waals surface area (Å²) in [5.74, 6) is 0.800. The molecule has 12 heteroatoms. The molecular formula is C28H39N7O5. The second-order valence-corrected chi connectivity index (χ2v) is 11.7. The molecule has 3 heterocycles. The molecule has 0 aromatic carbocycles. The Kier molecular flexibility index (Phi) is 8.81. The predicted octanol–water partition coefficient (Wildman–Crippen LogP) is 3.84. The second-order valence-electron chi connectivity index (χ2n) is 11.7. The summed E-state index contributed by atoms with van der Waals surface area (Å²) in [5.41, 5.74) is -0.108. The lowest BCUT2D eigenvalue weighted by atomic mass is 9.92. The molecule has 1 aliphatic heterocycles. The summed E-state index contributed by atoms with van der Waals surface area (Å²) in [7, 11) is 1.93. The maximum absolute atomic E-state index is 13.1. The quantitative estimate of drug-likeness (QED) is 0.584. The minimum Gasteiger partial charge on any atom is -0.446 e. The van der Waals surface area contributed by atoms with Crippen LogP contribution in [0.15, 0.2) is 18.6 Å². The van der Waals surface area contributed by atoms with E-state index in [9.17, 15) is 14.4 Å². The number of nitriles is 1. The first-order valence-electron chi connectivity index (χ1n) is 13.9. The van der Waals surface area contributed by atoms with Crippen molar-refractivity contribution in [3.05, 3.63) is 18.6 Å². The average Bonchev–Trinajstić information content (AvgIpc) is 3.33. The number of nitrogens with zero attached hydrogens (tertiary/aromatic N) is 6. The Labute approximate surface area is 234 Å². The molecule has 0 spiro atoms. The summed E-state index contributed by atoms with van der Waals surface area (Å²) in [5, 5.41) is 12.5. The molecule has 2 amide bonds. The number of aromatic nitrogens is 3. The number of carbonyl (C=O) groups excluding carboxylic acids is 3. The van der Waals surface area contributed by atoms with Crippen LogP contribution in [-0.4, -0.2) is 81.5 Å². The fourth-order valence-corrected chi connectivity index (χ4v) is 5.48. The maximum Gasteiger partial charge on any atom is 0.419 e. The molecule has 2 atom stereocenters. The first kappa shape index (κ1) is 29.1. The summed E-state index contributed by atoms with van der Waals surface area (Å²) in [6.45, 7) is 8.75. The lowest BCUT2D eigenvalue weighted by Gasteiger charge is -2.42. The summed E-state index contributed by atoms with van der Waals surface area (Å²) in [4.78, 5) is 50.2. The van der Waals surface area contributed by atoms with Crippen LogP contribution in [0.3, 0.4) is 0 Å². The number of likely N-dealkylation sites (N-methyl/N-ethyl adjacent to an activating group) is 1. The van der Waals surface area contributed by atoms with Gasteiger partial charge in [-0.2, -0.15) is 5.26 Å². The normalized spacial score (nSPS) is 23.2. The van der Waals surface area contributed by atoms with E-state index in [0.717, 1.165) is 6.42 Å². The zero-order chi connectivity index (χ0) is 29.0. The van der Waals surface area contributed by atoms with E-state index in [2.05, 4.69) is 22.2 Å². The number of alkyl carbamates (subject to hydrolysis) is 1. The first-order valence-corrected chi connectivity index (χ1v) is 13.9. The van der Waals surface area contributed by atoms with Gasteiger partial charge in [0.05, 0.1) is 17.5 Å². The molecule has 2 aliphatic rings. The van der Waals surface area contributed by atoms with E-state index in [1.54, 1.807) is 17.2 Å². The molecule has 0 unspecified atom stereocenters. The van der Waals surface area contributed by atoms with Crippen molar-refractivity contribution >= 4 is 34.9 Å². The van der Waals surface area contributed by atoms with E-state index < -0.39 is 17.8 Å². The van der Waals surface area contributed by atoms with Crippen LogP contribution in [0.1, 0.15) is 66.2 Å². The lowest BCUT2D eigenvalue weighted by Crippen LogP contribution is -2.52. The Hall–Kier alpha value is -3.88. The maximum atomic E-state index is 13.1. The third-order valence-corrected chi connectivity index (χ3v) is 7.65. The number of anilines is 1. The zero-order valence-electron chi connectivity index (χ0n) is 23.9. The summed E-state index contributed by atoms with van der Waals surface area (Å²) < 4.78 is 12.5. The van der Waals surface area contributed by atoms with E-state index in [4.69, 9.17) is 14.7 Å². The highest BCUT2D eigenvalue weighted by molar-refractivity contribution is 5.93. The number of nitrogens with one attached hydrogen (secondary N) is 1. The highest BCUT2D eigenvalue weighted by Crippen LogP contribution is 2.30. The number of ether oxygens (including phenoxy) is 2. The number of fused-ring (bicyclic) bond motifs is 1. The van der Waals surface area contributed by atoms with Crippen LogP contribution in [0.25, 0.3) is 11.0 Å². The van der Waals surface area contributed by atoms with Crippen molar-refractivity contribution in [3.63, 3.8) is 0 Å². The predicted molar refractivity (Wildman–Crippen MR) is 148 cm³/mol. The topological polar surface area (TPSA) is 143 Å². The molecule has 1 saturated carbocycles. The van der Waals surface area contributed by atoms with Crippen LogP contribution in [0, 0.1) is 17.2 Å². The molecular weight excluding hydrogens is 514 g/mol. The average molecular weight is 554 g/mol. The number of hydrogen-bond acceptors (Lipinski definition) is 9. The number of likely N-dealkylation sites (tertiary alicyclic amines) is 1. The zero-order valence-corrected chi connectivity index (χ0v) is 23.9. The van der Waals surface area contributed by atoms with Gasteiger partial charge in [-0.15, -0.1) is 0 Å². The van der Waals surface area contributed by atoms with Crippen LogP contribution >= 0.6 is 0 Å².